The molecule has 0 unspecified atom stereocenters. The van der Waals surface area contributed by atoms with Crippen molar-refractivity contribution in [1.29, 1.82) is 0 Å². The Morgan fingerprint density at radius 1 is 1.12 bits per heavy atom. The molecule has 94 valence electrons. The SMILES string of the molecule is CC(C)(Cc1ccc(C(C)(C)O)cc1)C(=O)O. The molecule has 0 atom stereocenters. The van der Waals surface area contributed by atoms with Crippen LogP contribution in [0.4, 0.5) is 0 Å². The average molecular weight is 236 g/mol. The van der Waals surface area contributed by atoms with E-state index < -0.39 is 17.0 Å². The van der Waals surface area contributed by atoms with Gasteiger partial charge < -0.3 is 10.2 Å². The van der Waals surface area contributed by atoms with Crippen molar-refractivity contribution in [2.24, 2.45) is 5.41 Å². The van der Waals surface area contributed by atoms with Crippen LogP contribution in [-0.2, 0) is 16.8 Å². The first-order chi connectivity index (χ1) is 7.63. The molecule has 0 amide bonds. The van der Waals surface area contributed by atoms with Crippen LogP contribution in [0.3, 0.4) is 0 Å². The van der Waals surface area contributed by atoms with Crippen LogP contribution in [0.25, 0.3) is 0 Å². The summed E-state index contributed by atoms with van der Waals surface area (Å²) in [5.74, 6) is -0.802. The van der Waals surface area contributed by atoms with E-state index in [1.807, 2.05) is 24.3 Å². The summed E-state index contributed by atoms with van der Waals surface area (Å²) in [6.45, 7) is 6.87. The minimum Gasteiger partial charge on any atom is -0.481 e. The van der Waals surface area contributed by atoms with Crippen molar-refractivity contribution >= 4 is 5.97 Å². The fourth-order valence-electron chi connectivity index (χ4n) is 1.62. The molecule has 17 heavy (non-hydrogen) atoms. The van der Waals surface area contributed by atoms with Crippen LogP contribution in [0.5, 0.6) is 0 Å². The summed E-state index contributed by atoms with van der Waals surface area (Å²) in [4.78, 5) is 11.0. The number of carboxylic acid groups (broad SMARTS) is 1. The number of carboxylic acids is 1. The van der Waals surface area contributed by atoms with Crippen molar-refractivity contribution in [2.75, 3.05) is 0 Å². The van der Waals surface area contributed by atoms with E-state index in [4.69, 9.17) is 5.11 Å². The third kappa shape index (κ3) is 3.56. The summed E-state index contributed by atoms with van der Waals surface area (Å²) < 4.78 is 0. The van der Waals surface area contributed by atoms with Gasteiger partial charge in [0, 0.05) is 0 Å². The van der Waals surface area contributed by atoms with Gasteiger partial charge in [0.1, 0.15) is 0 Å². The van der Waals surface area contributed by atoms with Gasteiger partial charge in [-0.2, -0.15) is 0 Å². The van der Waals surface area contributed by atoms with Crippen LogP contribution in [0.2, 0.25) is 0 Å². The zero-order valence-corrected chi connectivity index (χ0v) is 10.8. The number of carbonyl (C=O) groups is 1. The first-order valence-electron chi connectivity index (χ1n) is 5.68. The number of aliphatic hydroxyl groups is 1. The van der Waals surface area contributed by atoms with Crippen LogP contribution < -0.4 is 0 Å². The van der Waals surface area contributed by atoms with E-state index in [1.165, 1.54) is 0 Å². The molecule has 0 aliphatic carbocycles. The number of benzene rings is 1. The van der Waals surface area contributed by atoms with Gasteiger partial charge in [-0.3, -0.25) is 4.79 Å². The first kappa shape index (κ1) is 13.7. The van der Waals surface area contributed by atoms with Crippen molar-refractivity contribution in [2.45, 2.75) is 39.7 Å². The fraction of sp³-hybridized carbons (Fsp3) is 0.500. The van der Waals surface area contributed by atoms with Crippen LogP contribution in [-0.4, -0.2) is 16.2 Å². The van der Waals surface area contributed by atoms with Gasteiger partial charge in [0.25, 0.3) is 0 Å². The predicted octanol–water partition coefficient (Wildman–Crippen LogP) is 2.57. The monoisotopic (exact) mass is 236 g/mol. The lowest BCUT2D eigenvalue weighted by Crippen LogP contribution is -2.26. The van der Waals surface area contributed by atoms with E-state index >= 15 is 0 Å². The second kappa shape index (κ2) is 4.49. The smallest absolute Gasteiger partial charge is 0.309 e. The van der Waals surface area contributed by atoms with Crippen molar-refractivity contribution < 1.29 is 15.0 Å². The number of hydrogen-bond acceptors (Lipinski definition) is 2. The Morgan fingerprint density at radius 2 is 1.59 bits per heavy atom. The molecule has 1 rings (SSSR count). The maximum absolute atomic E-state index is 11.0. The normalized spacial score (nSPS) is 12.5. The van der Waals surface area contributed by atoms with E-state index in [0.717, 1.165) is 11.1 Å². The molecular weight excluding hydrogens is 216 g/mol. The minimum atomic E-state index is -0.860. The summed E-state index contributed by atoms with van der Waals surface area (Å²) in [6.07, 6.45) is 0.481. The summed E-state index contributed by atoms with van der Waals surface area (Å²) in [6, 6.07) is 7.43. The molecule has 3 heteroatoms. The molecule has 0 radical (unpaired) electrons. The fourth-order valence-corrected chi connectivity index (χ4v) is 1.62. The highest BCUT2D eigenvalue weighted by Gasteiger charge is 2.27. The number of aliphatic carboxylic acids is 1. The molecule has 0 spiro atoms. The number of rotatable bonds is 4. The highest BCUT2D eigenvalue weighted by Crippen LogP contribution is 2.24. The number of hydrogen-bond donors (Lipinski definition) is 2. The summed E-state index contributed by atoms with van der Waals surface area (Å²) in [5.41, 5.74) is 0.164. The third-order valence-electron chi connectivity index (χ3n) is 2.89. The standard InChI is InChI=1S/C14H20O3/c1-13(2,12(15)16)9-10-5-7-11(8-6-10)14(3,4)17/h5-8,17H,9H2,1-4H3,(H,15,16). The zero-order valence-electron chi connectivity index (χ0n) is 10.8. The lowest BCUT2D eigenvalue weighted by molar-refractivity contribution is -0.146. The molecule has 1 aromatic carbocycles. The Labute approximate surface area is 102 Å². The van der Waals surface area contributed by atoms with Gasteiger partial charge in [-0.15, -0.1) is 0 Å². The molecule has 0 saturated carbocycles. The molecule has 0 aliphatic heterocycles. The summed E-state index contributed by atoms with van der Waals surface area (Å²) in [7, 11) is 0. The lowest BCUT2D eigenvalue weighted by Gasteiger charge is -2.21. The predicted molar refractivity (Wildman–Crippen MR) is 66.8 cm³/mol. The molecule has 3 nitrogen and oxygen atoms in total. The first-order valence-corrected chi connectivity index (χ1v) is 5.68. The van der Waals surface area contributed by atoms with E-state index in [9.17, 15) is 9.90 Å². The summed E-state index contributed by atoms with van der Waals surface area (Å²) >= 11 is 0. The van der Waals surface area contributed by atoms with Crippen molar-refractivity contribution in [3.8, 4) is 0 Å². The zero-order chi connectivity index (χ0) is 13.3. The van der Waals surface area contributed by atoms with E-state index in [-0.39, 0.29) is 0 Å². The molecule has 2 N–H and O–H groups in total. The Bertz CT molecular complexity index is 396. The highest BCUT2D eigenvalue weighted by molar-refractivity contribution is 5.74. The molecule has 0 bridgehead atoms. The Hall–Kier alpha value is -1.35. The largest absolute Gasteiger partial charge is 0.481 e. The Kier molecular flexibility index (Phi) is 3.62. The lowest BCUT2D eigenvalue weighted by atomic mass is 9.85. The topological polar surface area (TPSA) is 57.5 Å². The van der Waals surface area contributed by atoms with Gasteiger partial charge >= 0.3 is 5.97 Å². The molecule has 0 fully saturated rings. The van der Waals surface area contributed by atoms with E-state index in [2.05, 4.69) is 0 Å². The van der Waals surface area contributed by atoms with Gasteiger partial charge in [-0.05, 0) is 45.2 Å². The van der Waals surface area contributed by atoms with Gasteiger partial charge in [-0.1, -0.05) is 24.3 Å². The van der Waals surface area contributed by atoms with Gasteiger partial charge in [0.2, 0.25) is 0 Å². The molecule has 0 aromatic heterocycles. The van der Waals surface area contributed by atoms with E-state index in [0.29, 0.717) is 6.42 Å². The molecule has 0 aliphatic rings. The van der Waals surface area contributed by atoms with Crippen LogP contribution >= 0.6 is 0 Å². The van der Waals surface area contributed by atoms with Gasteiger partial charge in [0.15, 0.2) is 0 Å². The second-order valence-electron chi connectivity index (χ2n) is 5.62. The maximum Gasteiger partial charge on any atom is 0.309 e. The van der Waals surface area contributed by atoms with Crippen LogP contribution in [0.15, 0.2) is 24.3 Å². The summed E-state index contributed by atoms with van der Waals surface area (Å²) in [5, 5.41) is 18.9. The third-order valence-corrected chi connectivity index (χ3v) is 2.89. The second-order valence-corrected chi connectivity index (χ2v) is 5.62. The molecular formula is C14H20O3. The van der Waals surface area contributed by atoms with Crippen LogP contribution in [0.1, 0.15) is 38.8 Å². The average Bonchev–Trinajstić information content (AvgIpc) is 2.16. The molecule has 0 heterocycles. The van der Waals surface area contributed by atoms with Crippen LogP contribution in [0, 0.1) is 5.41 Å². The molecule has 1 aromatic rings. The Morgan fingerprint density at radius 3 is 1.94 bits per heavy atom. The van der Waals surface area contributed by atoms with Gasteiger partial charge in [0.05, 0.1) is 11.0 Å². The van der Waals surface area contributed by atoms with Crippen molar-refractivity contribution in [3.05, 3.63) is 35.4 Å². The van der Waals surface area contributed by atoms with Crippen molar-refractivity contribution in [3.63, 3.8) is 0 Å². The molecule has 0 saturated heterocycles. The Balaban J connectivity index is 2.86. The van der Waals surface area contributed by atoms with E-state index in [1.54, 1.807) is 27.7 Å². The highest BCUT2D eigenvalue weighted by atomic mass is 16.4. The quantitative estimate of drug-likeness (QED) is 0.844. The van der Waals surface area contributed by atoms with Crippen molar-refractivity contribution in [1.82, 2.24) is 0 Å². The van der Waals surface area contributed by atoms with Gasteiger partial charge in [-0.25, -0.2) is 0 Å². The maximum atomic E-state index is 11.0. The minimum absolute atomic E-state index is 0.481.